The minimum absolute atomic E-state index is 0.457. The molecule has 0 bridgehead atoms. The quantitative estimate of drug-likeness (QED) is 0.633. The fourth-order valence-corrected chi connectivity index (χ4v) is 1.43. The Morgan fingerprint density at radius 1 is 1.15 bits per heavy atom. The van der Waals surface area contributed by atoms with Crippen LogP contribution in [0.4, 0.5) is 0 Å². The van der Waals surface area contributed by atoms with Gasteiger partial charge in [-0.2, -0.15) is 0 Å². The zero-order valence-corrected chi connectivity index (χ0v) is 9.86. The second-order valence-corrected chi connectivity index (χ2v) is 4.67. The first-order valence-corrected chi connectivity index (χ1v) is 5.70. The highest BCUT2D eigenvalue weighted by Gasteiger charge is 2.20. The SMILES string of the molecule is CC1(C)CCCOC1.CCCCC. The average Bonchev–Trinajstić information content (AvgIpc) is 2.06. The van der Waals surface area contributed by atoms with Crippen LogP contribution in [-0.2, 0) is 4.74 Å². The number of hydrogen-bond acceptors (Lipinski definition) is 1. The van der Waals surface area contributed by atoms with Crippen molar-refractivity contribution < 1.29 is 4.74 Å². The van der Waals surface area contributed by atoms with Crippen molar-refractivity contribution in [3.05, 3.63) is 0 Å². The molecule has 0 unspecified atom stereocenters. The molecule has 0 atom stereocenters. The van der Waals surface area contributed by atoms with Crippen LogP contribution in [0, 0.1) is 5.41 Å². The van der Waals surface area contributed by atoms with Gasteiger partial charge >= 0.3 is 0 Å². The van der Waals surface area contributed by atoms with Gasteiger partial charge in [0.05, 0.1) is 6.61 Å². The molecule has 0 amide bonds. The summed E-state index contributed by atoms with van der Waals surface area (Å²) in [5, 5.41) is 0. The summed E-state index contributed by atoms with van der Waals surface area (Å²) in [6, 6.07) is 0. The van der Waals surface area contributed by atoms with Crippen molar-refractivity contribution in [2.75, 3.05) is 13.2 Å². The molecule has 1 saturated heterocycles. The van der Waals surface area contributed by atoms with Gasteiger partial charge in [0, 0.05) is 6.61 Å². The van der Waals surface area contributed by atoms with Crippen molar-refractivity contribution in [3.8, 4) is 0 Å². The number of ether oxygens (including phenoxy) is 1. The highest BCUT2D eigenvalue weighted by atomic mass is 16.5. The van der Waals surface area contributed by atoms with E-state index >= 15 is 0 Å². The summed E-state index contributed by atoms with van der Waals surface area (Å²) in [5.41, 5.74) is 0.457. The van der Waals surface area contributed by atoms with E-state index in [4.69, 9.17) is 4.74 Å². The van der Waals surface area contributed by atoms with Crippen LogP contribution in [-0.4, -0.2) is 13.2 Å². The van der Waals surface area contributed by atoms with Crippen LogP contribution in [0.15, 0.2) is 0 Å². The first-order chi connectivity index (χ1) is 6.12. The first-order valence-electron chi connectivity index (χ1n) is 5.70. The van der Waals surface area contributed by atoms with Crippen LogP contribution < -0.4 is 0 Å². The van der Waals surface area contributed by atoms with Crippen molar-refractivity contribution in [3.63, 3.8) is 0 Å². The van der Waals surface area contributed by atoms with Crippen LogP contribution in [0.3, 0.4) is 0 Å². The maximum absolute atomic E-state index is 5.28. The highest BCUT2D eigenvalue weighted by Crippen LogP contribution is 2.25. The second kappa shape index (κ2) is 7.37. The molecule has 1 fully saturated rings. The highest BCUT2D eigenvalue weighted by molar-refractivity contribution is 4.70. The minimum Gasteiger partial charge on any atom is -0.381 e. The van der Waals surface area contributed by atoms with Gasteiger partial charge in [-0.3, -0.25) is 0 Å². The van der Waals surface area contributed by atoms with Crippen LogP contribution >= 0.6 is 0 Å². The predicted octanol–water partition coefficient (Wildman–Crippen LogP) is 4.02. The third-order valence-corrected chi connectivity index (χ3v) is 2.34. The molecular formula is C12H26O. The maximum atomic E-state index is 5.28. The first kappa shape index (κ1) is 13.0. The Hall–Kier alpha value is -0.0400. The summed E-state index contributed by atoms with van der Waals surface area (Å²) in [5.74, 6) is 0. The van der Waals surface area contributed by atoms with E-state index in [0.29, 0.717) is 5.41 Å². The van der Waals surface area contributed by atoms with Gasteiger partial charge < -0.3 is 4.74 Å². The summed E-state index contributed by atoms with van der Waals surface area (Å²) < 4.78 is 5.28. The summed E-state index contributed by atoms with van der Waals surface area (Å²) in [7, 11) is 0. The van der Waals surface area contributed by atoms with E-state index in [0.717, 1.165) is 13.2 Å². The van der Waals surface area contributed by atoms with E-state index in [2.05, 4.69) is 27.7 Å². The lowest BCUT2D eigenvalue weighted by atomic mass is 9.87. The van der Waals surface area contributed by atoms with Gasteiger partial charge in [0.15, 0.2) is 0 Å². The number of hydrogen-bond donors (Lipinski definition) is 0. The lowest BCUT2D eigenvalue weighted by molar-refractivity contribution is 0.0127. The molecule has 1 heteroatoms. The van der Waals surface area contributed by atoms with Gasteiger partial charge in [-0.1, -0.05) is 47.0 Å². The molecule has 0 spiro atoms. The summed E-state index contributed by atoms with van der Waals surface area (Å²) >= 11 is 0. The fraction of sp³-hybridized carbons (Fsp3) is 1.00. The number of rotatable bonds is 2. The molecule has 0 N–H and O–H groups in total. The van der Waals surface area contributed by atoms with E-state index in [1.807, 2.05) is 0 Å². The molecule has 1 rings (SSSR count). The molecule has 1 aliphatic rings. The molecule has 0 aliphatic carbocycles. The molecule has 1 aliphatic heterocycles. The third-order valence-electron chi connectivity index (χ3n) is 2.34. The van der Waals surface area contributed by atoms with Crippen LogP contribution in [0.5, 0.6) is 0 Å². The number of unbranched alkanes of at least 4 members (excludes halogenated alkanes) is 2. The zero-order chi connectivity index (χ0) is 10.2. The molecule has 0 aromatic rings. The maximum Gasteiger partial charge on any atom is 0.0517 e. The van der Waals surface area contributed by atoms with E-state index in [9.17, 15) is 0 Å². The fourth-order valence-electron chi connectivity index (χ4n) is 1.43. The Labute approximate surface area is 83.9 Å². The largest absolute Gasteiger partial charge is 0.381 e. The second-order valence-electron chi connectivity index (χ2n) is 4.67. The van der Waals surface area contributed by atoms with Crippen LogP contribution in [0.1, 0.15) is 59.8 Å². The van der Waals surface area contributed by atoms with Gasteiger partial charge in [0.25, 0.3) is 0 Å². The molecule has 1 nitrogen and oxygen atoms in total. The Morgan fingerprint density at radius 3 is 1.92 bits per heavy atom. The molecule has 0 radical (unpaired) electrons. The van der Waals surface area contributed by atoms with Crippen molar-refractivity contribution in [2.45, 2.75) is 59.8 Å². The van der Waals surface area contributed by atoms with Gasteiger partial charge in [-0.15, -0.1) is 0 Å². The Bertz CT molecular complexity index is 97.7. The van der Waals surface area contributed by atoms with Gasteiger partial charge in [-0.05, 0) is 18.3 Å². The van der Waals surface area contributed by atoms with Crippen molar-refractivity contribution >= 4 is 0 Å². The van der Waals surface area contributed by atoms with Crippen molar-refractivity contribution in [2.24, 2.45) is 5.41 Å². The molecule has 0 aromatic heterocycles. The Balaban J connectivity index is 0.000000252. The average molecular weight is 186 g/mol. The lowest BCUT2D eigenvalue weighted by Gasteiger charge is -2.28. The van der Waals surface area contributed by atoms with Crippen molar-refractivity contribution in [1.29, 1.82) is 0 Å². The van der Waals surface area contributed by atoms with Crippen LogP contribution in [0.2, 0.25) is 0 Å². The topological polar surface area (TPSA) is 9.23 Å². The monoisotopic (exact) mass is 186 g/mol. The Morgan fingerprint density at radius 2 is 1.77 bits per heavy atom. The smallest absolute Gasteiger partial charge is 0.0517 e. The lowest BCUT2D eigenvalue weighted by Crippen LogP contribution is -2.24. The van der Waals surface area contributed by atoms with E-state index in [1.54, 1.807) is 0 Å². The van der Waals surface area contributed by atoms with E-state index < -0.39 is 0 Å². The summed E-state index contributed by atoms with van der Waals surface area (Å²) in [4.78, 5) is 0. The predicted molar refractivity (Wildman–Crippen MR) is 59.0 cm³/mol. The van der Waals surface area contributed by atoms with E-state index in [1.165, 1.54) is 32.1 Å². The molecule has 13 heavy (non-hydrogen) atoms. The van der Waals surface area contributed by atoms with Crippen LogP contribution in [0.25, 0.3) is 0 Å². The molecular weight excluding hydrogens is 160 g/mol. The Kier molecular flexibility index (Phi) is 7.35. The molecule has 80 valence electrons. The van der Waals surface area contributed by atoms with Gasteiger partial charge in [0.2, 0.25) is 0 Å². The van der Waals surface area contributed by atoms with Gasteiger partial charge in [-0.25, -0.2) is 0 Å². The standard InChI is InChI=1S/C7H14O.C5H12/c1-7(2)4-3-5-8-6-7;1-3-5-4-2/h3-6H2,1-2H3;3-5H2,1-2H3. The molecule has 0 aromatic carbocycles. The normalized spacial score (nSPS) is 20.3. The molecule has 0 saturated carbocycles. The zero-order valence-electron chi connectivity index (χ0n) is 9.86. The third kappa shape index (κ3) is 8.29. The summed E-state index contributed by atoms with van der Waals surface area (Å²) in [6.07, 6.45) is 6.65. The minimum atomic E-state index is 0.457. The van der Waals surface area contributed by atoms with Gasteiger partial charge in [0.1, 0.15) is 0 Å². The summed E-state index contributed by atoms with van der Waals surface area (Å²) in [6.45, 7) is 10.9. The molecule has 1 heterocycles. The van der Waals surface area contributed by atoms with E-state index in [-0.39, 0.29) is 0 Å². The van der Waals surface area contributed by atoms with Crippen molar-refractivity contribution in [1.82, 2.24) is 0 Å².